The van der Waals surface area contributed by atoms with Gasteiger partial charge in [0, 0.05) is 21.4 Å². The molecule has 68 valence electrons. The number of rotatable bonds is 1. The highest BCUT2D eigenvalue weighted by Gasteiger charge is 2.11. The first kappa shape index (κ1) is 8.57. The van der Waals surface area contributed by atoms with Crippen LogP contribution in [0.3, 0.4) is 0 Å². The molecule has 1 nitrogen and oxygen atoms in total. The molecule has 0 fully saturated rings. The molecule has 0 aliphatic heterocycles. The first-order chi connectivity index (χ1) is 6.25. The van der Waals surface area contributed by atoms with E-state index < -0.39 is 0 Å². The van der Waals surface area contributed by atoms with Gasteiger partial charge in [-0.3, -0.25) is 0 Å². The molecule has 0 radical (unpaired) electrons. The van der Waals surface area contributed by atoms with Crippen LogP contribution in [-0.4, -0.2) is 0 Å². The summed E-state index contributed by atoms with van der Waals surface area (Å²) in [6, 6.07) is 4.37. The van der Waals surface area contributed by atoms with Crippen LogP contribution in [-0.2, 0) is 0 Å². The van der Waals surface area contributed by atoms with Crippen molar-refractivity contribution >= 4 is 11.3 Å². The van der Waals surface area contributed by atoms with E-state index in [0.717, 1.165) is 12.1 Å². The van der Waals surface area contributed by atoms with Gasteiger partial charge in [-0.05, 0) is 31.6 Å². The lowest BCUT2D eigenvalue weighted by Gasteiger charge is -2.12. The summed E-state index contributed by atoms with van der Waals surface area (Å²) in [5, 5.41) is 0. The highest BCUT2D eigenvalue weighted by molar-refractivity contribution is 7.12. The van der Waals surface area contributed by atoms with Crippen LogP contribution >= 0.6 is 11.3 Å². The maximum absolute atomic E-state index is 5.75. The van der Waals surface area contributed by atoms with E-state index in [2.05, 4.69) is 31.2 Å². The maximum Gasteiger partial charge on any atom is 0.0276 e. The standard InChI is InChI=1S/C11H13NS/c1-8-5-6-11(13-8)9-3-2-4-10(12)7-9/h2,4-7,9H,3,12H2,1H3/t9-/m1/s1. The van der Waals surface area contributed by atoms with E-state index >= 15 is 0 Å². The summed E-state index contributed by atoms with van der Waals surface area (Å²) in [7, 11) is 0. The maximum atomic E-state index is 5.75. The average Bonchev–Trinajstić information content (AvgIpc) is 2.52. The van der Waals surface area contributed by atoms with Crippen molar-refractivity contribution in [3.8, 4) is 0 Å². The minimum absolute atomic E-state index is 0.503. The summed E-state index contributed by atoms with van der Waals surface area (Å²) in [6.45, 7) is 2.14. The molecule has 13 heavy (non-hydrogen) atoms. The fraction of sp³-hybridized carbons (Fsp3) is 0.273. The lowest BCUT2D eigenvalue weighted by atomic mass is 9.98. The summed E-state index contributed by atoms with van der Waals surface area (Å²) in [5.74, 6) is 0.503. The normalized spacial score (nSPS) is 21.6. The van der Waals surface area contributed by atoms with Gasteiger partial charge >= 0.3 is 0 Å². The fourth-order valence-electron chi connectivity index (χ4n) is 1.56. The Hall–Kier alpha value is -1.02. The van der Waals surface area contributed by atoms with Crippen molar-refractivity contribution in [2.75, 3.05) is 0 Å². The Bertz CT molecular complexity index is 360. The quantitative estimate of drug-likeness (QED) is 0.725. The predicted octanol–water partition coefficient (Wildman–Crippen LogP) is 2.94. The molecule has 1 aliphatic rings. The number of nitrogens with two attached hydrogens (primary N) is 1. The van der Waals surface area contributed by atoms with E-state index in [-0.39, 0.29) is 0 Å². The van der Waals surface area contributed by atoms with Crippen LogP contribution in [0.4, 0.5) is 0 Å². The molecule has 0 saturated heterocycles. The van der Waals surface area contributed by atoms with Crippen LogP contribution in [0.5, 0.6) is 0 Å². The third-order valence-corrected chi connectivity index (χ3v) is 3.35. The van der Waals surface area contributed by atoms with Gasteiger partial charge in [0.2, 0.25) is 0 Å². The average molecular weight is 191 g/mol. The van der Waals surface area contributed by atoms with Gasteiger partial charge in [0.15, 0.2) is 0 Å². The van der Waals surface area contributed by atoms with Gasteiger partial charge in [0.1, 0.15) is 0 Å². The number of thiophene rings is 1. The van der Waals surface area contributed by atoms with Crippen molar-refractivity contribution in [1.82, 2.24) is 0 Å². The van der Waals surface area contributed by atoms with Gasteiger partial charge in [0.25, 0.3) is 0 Å². The van der Waals surface area contributed by atoms with E-state index in [9.17, 15) is 0 Å². The number of hydrogen-bond donors (Lipinski definition) is 1. The summed E-state index contributed by atoms with van der Waals surface area (Å²) in [6.07, 6.45) is 7.36. The van der Waals surface area contributed by atoms with Gasteiger partial charge in [-0.25, -0.2) is 0 Å². The second kappa shape index (κ2) is 3.38. The van der Waals surface area contributed by atoms with E-state index in [1.54, 1.807) is 0 Å². The molecule has 1 atom stereocenters. The van der Waals surface area contributed by atoms with E-state index in [0.29, 0.717) is 5.92 Å². The molecule has 0 saturated carbocycles. The molecule has 0 aromatic carbocycles. The zero-order chi connectivity index (χ0) is 9.26. The Morgan fingerprint density at radius 1 is 1.46 bits per heavy atom. The van der Waals surface area contributed by atoms with E-state index in [1.807, 2.05) is 17.4 Å². The Kier molecular flexibility index (Phi) is 2.23. The third-order valence-electron chi connectivity index (χ3n) is 2.22. The van der Waals surface area contributed by atoms with Gasteiger partial charge in [-0.1, -0.05) is 12.2 Å². The van der Waals surface area contributed by atoms with Crippen molar-refractivity contribution in [1.29, 1.82) is 0 Å². The van der Waals surface area contributed by atoms with Crippen LogP contribution in [0, 0.1) is 6.92 Å². The van der Waals surface area contributed by atoms with Gasteiger partial charge in [0.05, 0.1) is 0 Å². The van der Waals surface area contributed by atoms with E-state index in [1.165, 1.54) is 9.75 Å². The topological polar surface area (TPSA) is 26.0 Å². The number of hydrogen-bond acceptors (Lipinski definition) is 2. The third kappa shape index (κ3) is 1.83. The van der Waals surface area contributed by atoms with Crippen molar-refractivity contribution in [2.45, 2.75) is 19.3 Å². The lowest BCUT2D eigenvalue weighted by Crippen LogP contribution is -2.02. The minimum atomic E-state index is 0.503. The number of allylic oxidation sites excluding steroid dienone is 3. The lowest BCUT2D eigenvalue weighted by molar-refractivity contribution is 0.859. The molecule has 1 aromatic rings. The zero-order valence-electron chi connectivity index (χ0n) is 7.66. The molecule has 0 unspecified atom stereocenters. The first-order valence-corrected chi connectivity index (χ1v) is 5.27. The molecular weight excluding hydrogens is 178 g/mol. The summed E-state index contributed by atoms with van der Waals surface area (Å²) in [5.41, 5.74) is 6.64. The molecule has 1 heterocycles. The molecule has 0 spiro atoms. The van der Waals surface area contributed by atoms with Crippen molar-refractivity contribution in [3.63, 3.8) is 0 Å². The zero-order valence-corrected chi connectivity index (χ0v) is 8.47. The van der Waals surface area contributed by atoms with Crippen LogP contribution in [0.15, 0.2) is 36.1 Å². The second-order valence-electron chi connectivity index (χ2n) is 3.36. The van der Waals surface area contributed by atoms with Crippen LogP contribution < -0.4 is 5.73 Å². The predicted molar refractivity (Wildman–Crippen MR) is 57.8 cm³/mol. The van der Waals surface area contributed by atoms with Crippen LogP contribution in [0.2, 0.25) is 0 Å². The highest BCUT2D eigenvalue weighted by atomic mass is 32.1. The van der Waals surface area contributed by atoms with Gasteiger partial charge in [-0.2, -0.15) is 0 Å². The molecular formula is C11H13NS. The Labute approximate surface area is 82.6 Å². The highest BCUT2D eigenvalue weighted by Crippen LogP contribution is 2.30. The minimum Gasteiger partial charge on any atom is -0.399 e. The fourth-order valence-corrected chi connectivity index (χ4v) is 2.52. The molecule has 1 aromatic heterocycles. The first-order valence-electron chi connectivity index (χ1n) is 4.46. The van der Waals surface area contributed by atoms with Crippen molar-refractivity contribution < 1.29 is 0 Å². The van der Waals surface area contributed by atoms with Crippen molar-refractivity contribution in [2.24, 2.45) is 5.73 Å². The summed E-state index contributed by atoms with van der Waals surface area (Å²) in [4.78, 5) is 2.79. The molecule has 0 bridgehead atoms. The molecule has 0 amide bonds. The second-order valence-corrected chi connectivity index (χ2v) is 4.68. The SMILES string of the molecule is Cc1ccc([C@H]2C=C(N)C=CC2)s1. The summed E-state index contributed by atoms with van der Waals surface area (Å²) < 4.78 is 0. The summed E-state index contributed by atoms with van der Waals surface area (Å²) >= 11 is 1.86. The molecule has 2 rings (SSSR count). The molecule has 1 aliphatic carbocycles. The Morgan fingerprint density at radius 3 is 2.92 bits per heavy atom. The number of aryl methyl sites for hydroxylation is 1. The van der Waals surface area contributed by atoms with Crippen LogP contribution in [0.25, 0.3) is 0 Å². The Balaban J connectivity index is 2.23. The smallest absolute Gasteiger partial charge is 0.0276 e. The van der Waals surface area contributed by atoms with Gasteiger partial charge < -0.3 is 5.73 Å². The monoisotopic (exact) mass is 191 g/mol. The largest absolute Gasteiger partial charge is 0.399 e. The Morgan fingerprint density at radius 2 is 2.31 bits per heavy atom. The van der Waals surface area contributed by atoms with Crippen molar-refractivity contribution in [3.05, 3.63) is 45.8 Å². The van der Waals surface area contributed by atoms with Crippen LogP contribution in [0.1, 0.15) is 22.1 Å². The molecule has 2 heteroatoms. The van der Waals surface area contributed by atoms with E-state index in [4.69, 9.17) is 5.73 Å². The molecule has 2 N–H and O–H groups in total. The van der Waals surface area contributed by atoms with Gasteiger partial charge in [-0.15, -0.1) is 11.3 Å².